The van der Waals surface area contributed by atoms with Crippen LogP contribution in [0.5, 0.6) is 0 Å². The first-order valence-corrected chi connectivity index (χ1v) is 10.6. The largest absolute Gasteiger partial charge is 0.390 e. The second-order valence-corrected chi connectivity index (χ2v) is 9.23. The van der Waals surface area contributed by atoms with Gasteiger partial charge in [-0.3, -0.25) is 9.89 Å². The lowest BCUT2D eigenvalue weighted by atomic mass is 9.66. The molecule has 1 aromatic carbocycles. The third-order valence-electron chi connectivity index (χ3n) is 7.09. The number of hydrogen-bond acceptors (Lipinski definition) is 3. The molecule has 2 unspecified atom stereocenters. The molecular formula is C22H28FN3O2. The number of carbonyl (C=O) groups excluding carboxylic acids is 1. The number of aliphatic hydroxyl groups is 1. The SMILES string of the molecule is CCC1CC2(O)CC(C2)N1C(=O)CC(C)c1[nH]nc2ccc(F)c(C3CC3)c12. The molecule has 2 N–H and O–H groups in total. The van der Waals surface area contributed by atoms with Crippen molar-refractivity contribution in [1.29, 1.82) is 0 Å². The first-order chi connectivity index (χ1) is 13.4. The van der Waals surface area contributed by atoms with Crippen LogP contribution in [0.4, 0.5) is 4.39 Å². The zero-order chi connectivity index (χ0) is 19.6. The Morgan fingerprint density at radius 2 is 2.14 bits per heavy atom. The van der Waals surface area contributed by atoms with Gasteiger partial charge in [-0.2, -0.15) is 5.10 Å². The Morgan fingerprint density at radius 3 is 2.82 bits per heavy atom. The van der Waals surface area contributed by atoms with Gasteiger partial charge < -0.3 is 10.0 Å². The van der Waals surface area contributed by atoms with Gasteiger partial charge >= 0.3 is 0 Å². The molecule has 5 nitrogen and oxygen atoms in total. The predicted molar refractivity (Wildman–Crippen MR) is 105 cm³/mol. The lowest BCUT2D eigenvalue weighted by Crippen LogP contribution is -2.67. The van der Waals surface area contributed by atoms with Crippen molar-refractivity contribution in [3.8, 4) is 0 Å². The highest BCUT2D eigenvalue weighted by Crippen LogP contribution is 2.48. The summed E-state index contributed by atoms with van der Waals surface area (Å²) in [5, 5.41) is 18.8. The summed E-state index contributed by atoms with van der Waals surface area (Å²) in [6.07, 6.45) is 5.37. The molecule has 1 aromatic heterocycles. The minimum Gasteiger partial charge on any atom is -0.390 e. The molecule has 2 saturated heterocycles. The van der Waals surface area contributed by atoms with Gasteiger partial charge in [-0.15, -0.1) is 0 Å². The van der Waals surface area contributed by atoms with Crippen LogP contribution in [-0.4, -0.2) is 43.8 Å². The van der Waals surface area contributed by atoms with E-state index in [-0.39, 0.29) is 35.6 Å². The average molecular weight is 385 g/mol. The number of carbonyl (C=O) groups is 1. The molecule has 4 aliphatic rings. The molecule has 0 spiro atoms. The van der Waals surface area contributed by atoms with E-state index in [4.69, 9.17) is 0 Å². The standard InChI is InChI=1S/C22H28FN3O2/c1-3-14-9-22(28)10-15(11-22)26(14)18(27)8-12(2)21-20-17(24-25-21)7-6-16(23)19(20)13-4-5-13/h6-7,12-15,28H,3-5,8-11H2,1-2H3,(H,24,25). The van der Waals surface area contributed by atoms with Gasteiger partial charge in [-0.1, -0.05) is 13.8 Å². The van der Waals surface area contributed by atoms with Crippen molar-refractivity contribution >= 4 is 16.8 Å². The zero-order valence-corrected chi connectivity index (χ0v) is 16.5. The van der Waals surface area contributed by atoms with Crippen molar-refractivity contribution in [2.45, 2.75) is 88.3 Å². The first-order valence-electron chi connectivity index (χ1n) is 10.6. The van der Waals surface area contributed by atoms with E-state index < -0.39 is 5.60 Å². The Labute approximate surface area is 164 Å². The minimum absolute atomic E-state index is 0.0600. The monoisotopic (exact) mass is 385 g/mol. The Hall–Kier alpha value is -1.95. The molecule has 150 valence electrons. The molecule has 6 heteroatoms. The maximum atomic E-state index is 14.5. The normalized spacial score (nSPS) is 30.4. The number of H-pyrrole nitrogens is 1. The highest BCUT2D eigenvalue weighted by Gasteiger charge is 2.54. The molecule has 2 aliphatic carbocycles. The number of aromatic amines is 1. The fourth-order valence-electron chi connectivity index (χ4n) is 5.50. The molecule has 2 bridgehead atoms. The second-order valence-electron chi connectivity index (χ2n) is 9.23. The minimum atomic E-state index is -0.552. The van der Waals surface area contributed by atoms with E-state index >= 15 is 0 Å². The van der Waals surface area contributed by atoms with Crippen LogP contribution in [0.15, 0.2) is 12.1 Å². The summed E-state index contributed by atoms with van der Waals surface area (Å²) >= 11 is 0. The van der Waals surface area contributed by atoms with Crippen LogP contribution in [-0.2, 0) is 4.79 Å². The Kier molecular flexibility index (Phi) is 4.06. The molecule has 3 heterocycles. The van der Waals surface area contributed by atoms with Crippen molar-refractivity contribution in [1.82, 2.24) is 15.1 Å². The van der Waals surface area contributed by atoms with Gasteiger partial charge in [0.05, 0.1) is 11.1 Å². The summed E-state index contributed by atoms with van der Waals surface area (Å²) in [6.45, 7) is 4.10. The number of benzene rings is 1. The smallest absolute Gasteiger partial charge is 0.223 e. The molecule has 2 aliphatic heterocycles. The summed E-state index contributed by atoms with van der Waals surface area (Å²) in [4.78, 5) is 15.2. The van der Waals surface area contributed by atoms with Crippen LogP contribution in [0, 0.1) is 5.82 Å². The molecule has 1 amide bonds. The van der Waals surface area contributed by atoms with Gasteiger partial charge in [0.15, 0.2) is 0 Å². The number of fused-ring (bicyclic) bond motifs is 3. The molecule has 6 rings (SSSR count). The van der Waals surface area contributed by atoms with Crippen LogP contribution < -0.4 is 0 Å². The van der Waals surface area contributed by atoms with E-state index in [1.165, 1.54) is 6.07 Å². The zero-order valence-electron chi connectivity index (χ0n) is 16.5. The van der Waals surface area contributed by atoms with E-state index in [0.29, 0.717) is 25.7 Å². The molecule has 2 atom stereocenters. The fourth-order valence-corrected chi connectivity index (χ4v) is 5.50. The van der Waals surface area contributed by atoms with E-state index in [9.17, 15) is 14.3 Å². The van der Waals surface area contributed by atoms with Gasteiger partial charge in [0.2, 0.25) is 5.91 Å². The maximum Gasteiger partial charge on any atom is 0.223 e. The summed E-state index contributed by atoms with van der Waals surface area (Å²) in [6, 6.07) is 3.52. The average Bonchev–Trinajstić information content (AvgIpc) is 3.38. The summed E-state index contributed by atoms with van der Waals surface area (Å²) < 4.78 is 14.5. The third kappa shape index (κ3) is 2.76. The number of aromatic nitrogens is 2. The van der Waals surface area contributed by atoms with E-state index in [2.05, 4.69) is 17.1 Å². The van der Waals surface area contributed by atoms with Gasteiger partial charge in [0, 0.05) is 41.1 Å². The summed E-state index contributed by atoms with van der Waals surface area (Å²) in [5.41, 5.74) is 1.88. The number of hydrogen-bond donors (Lipinski definition) is 2. The molecule has 4 fully saturated rings. The van der Waals surface area contributed by atoms with Crippen LogP contribution in [0.3, 0.4) is 0 Å². The van der Waals surface area contributed by atoms with Crippen molar-refractivity contribution in [2.24, 2.45) is 0 Å². The molecule has 28 heavy (non-hydrogen) atoms. The van der Waals surface area contributed by atoms with Gasteiger partial charge in [0.1, 0.15) is 5.82 Å². The fraction of sp³-hybridized carbons (Fsp3) is 0.636. The summed E-state index contributed by atoms with van der Waals surface area (Å²) in [5.74, 6) is 0.197. The highest BCUT2D eigenvalue weighted by atomic mass is 19.1. The quantitative estimate of drug-likeness (QED) is 0.818. The lowest BCUT2D eigenvalue weighted by Gasteiger charge is -2.58. The first kappa shape index (κ1) is 18.1. The topological polar surface area (TPSA) is 69.2 Å². The lowest BCUT2D eigenvalue weighted by molar-refractivity contribution is -0.178. The van der Waals surface area contributed by atoms with Crippen LogP contribution in [0.1, 0.15) is 81.9 Å². The molecule has 2 saturated carbocycles. The number of amides is 1. The van der Waals surface area contributed by atoms with Crippen molar-refractivity contribution in [3.63, 3.8) is 0 Å². The number of rotatable bonds is 5. The van der Waals surface area contributed by atoms with Gasteiger partial charge in [-0.05, 0) is 56.6 Å². The number of nitrogens with zero attached hydrogens (tertiary/aromatic N) is 2. The van der Waals surface area contributed by atoms with E-state index in [1.807, 2.05) is 11.8 Å². The van der Waals surface area contributed by atoms with E-state index in [0.717, 1.165) is 41.4 Å². The predicted octanol–water partition coefficient (Wildman–Crippen LogP) is 3.98. The third-order valence-corrected chi connectivity index (χ3v) is 7.09. The molecule has 0 radical (unpaired) electrons. The van der Waals surface area contributed by atoms with E-state index in [1.54, 1.807) is 6.07 Å². The number of piperidine rings is 2. The van der Waals surface area contributed by atoms with Crippen LogP contribution in [0.2, 0.25) is 0 Å². The van der Waals surface area contributed by atoms with Crippen LogP contribution in [0.25, 0.3) is 10.9 Å². The Bertz CT molecular complexity index is 929. The number of halogens is 1. The van der Waals surface area contributed by atoms with Gasteiger partial charge in [-0.25, -0.2) is 4.39 Å². The molecule has 2 aromatic rings. The summed E-state index contributed by atoms with van der Waals surface area (Å²) in [7, 11) is 0. The number of nitrogens with one attached hydrogen (secondary N) is 1. The highest BCUT2D eigenvalue weighted by molar-refractivity contribution is 5.87. The van der Waals surface area contributed by atoms with Crippen molar-refractivity contribution in [2.75, 3.05) is 0 Å². The molecular weight excluding hydrogens is 357 g/mol. The van der Waals surface area contributed by atoms with Crippen molar-refractivity contribution in [3.05, 3.63) is 29.2 Å². The van der Waals surface area contributed by atoms with Crippen molar-refractivity contribution < 1.29 is 14.3 Å². The van der Waals surface area contributed by atoms with Crippen LogP contribution >= 0.6 is 0 Å². The Morgan fingerprint density at radius 1 is 1.39 bits per heavy atom. The second kappa shape index (κ2) is 6.28. The maximum absolute atomic E-state index is 14.5. The van der Waals surface area contributed by atoms with Gasteiger partial charge in [0.25, 0.3) is 0 Å². The Balaban J connectivity index is 1.41.